The van der Waals surface area contributed by atoms with E-state index in [0.717, 1.165) is 16.9 Å². The van der Waals surface area contributed by atoms with E-state index < -0.39 is 0 Å². The first-order valence-corrected chi connectivity index (χ1v) is 6.50. The first-order chi connectivity index (χ1) is 9.56. The summed E-state index contributed by atoms with van der Waals surface area (Å²) in [5, 5.41) is 8.00. The van der Waals surface area contributed by atoms with Gasteiger partial charge in [0, 0.05) is 38.7 Å². The molecule has 6 nitrogen and oxygen atoms in total. The molecule has 0 saturated carbocycles. The van der Waals surface area contributed by atoms with Crippen LogP contribution in [0.5, 0.6) is 0 Å². The van der Waals surface area contributed by atoms with E-state index in [1.165, 1.54) is 0 Å². The van der Waals surface area contributed by atoms with Crippen LogP contribution in [-0.2, 0) is 11.8 Å². The molecule has 2 aromatic rings. The molecule has 1 aliphatic rings. The number of nitrogens with two attached hydrogens (primary N) is 1. The number of anilines is 2. The molecule has 1 aromatic heterocycles. The Morgan fingerprint density at radius 3 is 2.65 bits per heavy atom. The highest BCUT2D eigenvalue weighted by Gasteiger charge is 2.25. The van der Waals surface area contributed by atoms with E-state index in [1.54, 1.807) is 16.7 Å². The summed E-state index contributed by atoms with van der Waals surface area (Å²) in [7, 11) is 3.61. The second-order valence-corrected chi connectivity index (χ2v) is 4.92. The molecule has 1 aliphatic heterocycles. The fourth-order valence-corrected chi connectivity index (χ4v) is 2.40. The van der Waals surface area contributed by atoms with Crippen molar-refractivity contribution in [2.45, 2.75) is 6.42 Å². The summed E-state index contributed by atoms with van der Waals surface area (Å²) in [6.45, 7) is 0.711. The zero-order valence-electron chi connectivity index (χ0n) is 11.6. The van der Waals surface area contributed by atoms with Crippen LogP contribution < -0.4 is 10.7 Å². The van der Waals surface area contributed by atoms with E-state index in [2.05, 4.69) is 5.10 Å². The molecule has 20 heavy (non-hydrogen) atoms. The number of nitrogen functional groups attached to an aromatic ring is 1. The molecule has 0 unspecified atom stereocenters. The van der Waals surface area contributed by atoms with Gasteiger partial charge in [0.15, 0.2) is 0 Å². The third-order valence-electron chi connectivity index (χ3n) is 3.62. The molecule has 104 valence electrons. The van der Waals surface area contributed by atoms with Gasteiger partial charge in [0.2, 0.25) is 5.91 Å². The van der Waals surface area contributed by atoms with Crippen molar-refractivity contribution in [1.82, 2.24) is 14.8 Å². The standard InChI is InChI=1S/C14H17N5O/c1-17-13(15)9-12(16-17)10-4-3-5-11(8-10)19-7-6-14(20)18(19)2/h3-5,8-9H,6-7,15H2,1-2H3. The molecule has 2 N–H and O–H groups in total. The number of benzene rings is 1. The summed E-state index contributed by atoms with van der Waals surface area (Å²) in [5.74, 6) is 0.761. The molecule has 6 heteroatoms. The number of carbonyl (C=O) groups is 1. The van der Waals surface area contributed by atoms with Crippen molar-refractivity contribution < 1.29 is 4.79 Å². The number of aromatic nitrogens is 2. The summed E-state index contributed by atoms with van der Waals surface area (Å²) in [4.78, 5) is 11.6. The largest absolute Gasteiger partial charge is 0.384 e. The van der Waals surface area contributed by atoms with Gasteiger partial charge in [-0.05, 0) is 12.1 Å². The second kappa shape index (κ2) is 4.56. The van der Waals surface area contributed by atoms with Crippen LogP contribution in [0.1, 0.15) is 6.42 Å². The van der Waals surface area contributed by atoms with Gasteiger partial charge >= 0.3 is 0 Å². The minimum Gasteiger partial charge on any atom is -0.384 e. The fraction of sp³-hybridized carbons (Fsp3) is 0.286. The summed E-state index contributed by atoms with van der Waals surface area (Å²) in [6, 6.07) is 9.81. The van der Waals surface area contributed by atoms with Gasteiger partial charge in [0.1, 0.15) is 5.82 Å². The molecule has 1 aromatic carbocycles. The van der Waals surface area contributed by atoms with Crippen LogP contribution in [0, 0.1) is 0 Å². The smallest absolute Gasteiger partial charge is 0.242 e. The van der Waals surface area contributed by atoms with Crippen molar-refractivity contribution in [3.05, 3.63) is 30.3 Å². The Bertz CT molecular complexity index is 644. The van der Waals surface area contributed by atoms with Crippen LogP contribution in [0.25, 0.3) is 11.3 Å². The van der Waals surface area contributed by atoms with Gasteiger partial charge in [-0.15, -0.1) is 0 Å². The first-order valence-electron chi connectivity index (χ1n) is 6.50. The third-order valence-corrected chi connectivity index (χ3v) is 3.62. The van der Waals surface area contributed by atoms with Gasteiger partial charge in [-0.25, -0.2) is 0 Å². The van der Waals surface area contributed by atoms with Crippen LogP contribution in [0.3, 0.4) is 0 Å². The van der Waals surface area contributed by atoms with Crippen LogP contribution in [-0.4, -0.2) is 34.3 Å². The zero-order chi connectivity index (χ0) is 14.3. The number of rotatable bonds is 2. The lowest BCUT2D eigenvalue weighted by atomic mass is 10.1. The van der Waals surface area contributed by atoms with Crippen LogP contribution in [0.2, 0.25) is 0 Å². The van der Waals surface area contributed by atoms with Crippen molar-refractivity contribution in [2.75, 3.05) is 24.3 Å². The van der Waals surface area contributed by atoms with E-state index in [9.17, 15) is 4.79 Å². The maximum Gasteiger partial charge on any atom is 0.242 e. The molecule has 3 rings (SSSR count). The Morgan fingerprint density at radius 1 is 1.25 bits per heavy atom. The number of aryl methyl sites for hydroxylation is 1. The van der Waals surface area contributed by atoms with E-state index in [1.807, 2.05) is 42.4 Å². The normalized spacial score (nSPS) is 15.2. The molecule has 0 bridgehead atoms. The lowest BCUT2D eigenvalue weighted by Gasteiger charge is -2.26. The predicted octanol–water partition coefficient (Wildman–Crippen LogP) is 1.25. The van der Waals surface area contributed by atoms with Gasteiger partial charge in [-0.1, -0.05) is 12.1 Å². The fourth-order valence-electron chi connectivity index (χ4n) is 2.40. The van der Waals surface area contributed by atoms with Gasteiger partial charge < -0.3 is 5.73 Å². The maximum atomic E-state index is 11.6. The molecule has 1 saturated heterocycles. The van der Waals surface area contributed by atoms with Gasteiger partial charge in [-0.2, -0.15) is 5.10 Å². The highest BCUT2D eigenvalue weighted by atomic mass is 16.2. The molecule has 1 amide bonds. The number of hydrazine groups is 1. The molecule has 1 fully saturated rings. The minimum absolute atomic E-state index is 0.137. The summed E-state index contributed by atoms with van der Waals surface area (Å²) in [5.41, 5.74) is 8.62. The SMILES string of the molecule is CN1C(=O)CCN1c1cccc(-c2cc(N)n(C)n2)c1. The molecule has 0 radical (unpaired) electrons. The highest BCUT2D eigenvalue weighted by molar-refractivity contribution is 5.82. The topological polar surface area (TPSA) is 67.4 Å². The summed E-state index contributed by atoms with van der Waals surface area (Å²) < 4.78 is 1.65. The highest BCUT2D eigenvalue weighted by Crippen LogP contribution is 2.27. The number of nitrogens with zero attached hydrogens (tertiary/aromatic N) is 4. The Labute approximate surface area is 117 Å². The van der Waals surface area contributed by atoms with E-state index in [0.29, 0.717) is 18.8 Å². The Balaban J connectivity index is 1.96. The number of hydrogen-bond donors (Lipinski definition) is 1. The monoisotopic (exact) mass is 271 g/mol. The molecule has 2 heterocycles. The Kier molecular flexibility index (Phi) is 2.85. The lowest BCUT2D eigenvalue weighted by molar-refractivity contribution is -0.126. The average molecular weight is 271 g/mol. The Hall–Kier alpha value is -2.50. The first kappa shape index (κ1) is 12.5. The van der Waals surface area contributed by atoms with Crippen molar-refractivity contribution in [3.63, 3.8) is 0 Å². The average Bonchev–Trinajstić information content (AvgIpc) is 2.95. The van der Waals surface area contributed by atoms with Crippen LogP contribution in [0.15, 0.2) is 30.3 Å². The molecule has 0 aliphatic carbocycles. The van der Waals surface area contributed by atoms with Gasteiger partial charge in [-0.3, -0.25) is 19.5 Å². The summed E-state index contributed by atoms with van der Waals surface area (Å²) in [6.07, 6.45) is 0.553. The number of hydrogen-bond acceptors (Lipinski definition) is 4. The number of carbonyl (C=O) groups excluding carboxylic acids is 1. The number of amides is 1. The van der Waals surface area contributed by atoms with Gasteiger partial charge in [0.25, 0.3) is 0 Å². The lowest BCUT2D eigenvalue weighted by Crippen LogP contribution is -2.35. The molecular formula is C14H17N5O. The van der Waals surface area contributed by atoms with Crippen molar-refractivity contribution in [1.29, 1.82) is 0 Å². The van der Waals surface area contributed by atoms with Crippen molar-refractivity contribution in [3.8, 4) is 11.3 Å². The Morgan fingerprint density at radius 2 is 2.05 bits per heavy atom. The predicted molar refractivity (Wildman–Crippen MR) is 77.8 cm³/mol. The van der Waals surface area contributed by atoms with Crippen LogP contribution >= 0.6 is 0 Å². The van der Waals surface area contributed by atoms with E-state index >= 15 is 0 Å². The van der Waals surface area contributed by atoms with E-state index in [4.69, 9.17) is 5.73 Å². The third kappa shape index (κ3) is 1.99. The minimum atomic E-state index is 0.137. The molecular weight excluding hydrogens is 254 g/mol. The second-order valence-electron chi connectivity index (χ2n) is 4.92. The quantitative estimate of drug-likeness (QED) is 0.892. The van der Waals surface area contributed by atoms with E-state index in [-0.39, 0.29) is 5.91 Å². The van der Waals surface area contributed by atoms with Crippen molar-refractivity contribution in [2.24, 2.45) is 7.05 Å². The van der Waals surface area contributed by atoms with Crippen molar-refractivity contribution >= 4 is 17.4 Å². The maximum absolute atomic E-state index is 11.6. The molecule has 0 spiro atoms. The van der Waals surface area contributed by atoms with Gasteiger partial charge in [0.05, 0.1) is 11.4 Å². The van der Waals surface area contributed by atoms with Crippen LogP contribution in [0.4, 0.5) is 11.5 Å². The molecule has 0 atom stereocenters. The summed E-state index contributed by atoms with van der Waals surface area (Å²) >= 11 is 0. The zero-order valence-corrected chi connectivity index (χ0v) is 11.6.